The molecule has 0 radical (unpaired) electrons. The van der Waals surface area contributed by atoms with Crippen LogP contribution in [0.1, 0.15) is 26.3 Å². The van der Waals surface area contributed by atoms with Gasteiger partial charge < -0.3 is 14.3 Å². The summed E-state index contributed by atoms with van der Waals surface area (Å²) in [6.45, 7) is 10.8. The Hall–Kier alpha value is -1.49. The van der Waals surface area contributed by atoms with Gasteiger partial charge in [-0.15, -0.1) is 0 Å². The summed E-state index contributed by atoms with van der Waals surface area (Å²) in [5.74, 6) is 0.426. The highest BCUT2D eigenvalue weighted by Crippen LogP contribution is 2.40. The predicted octanol–water partition coefficient (Wildman–Crippen LogP) is 3.71. The van der Waals surface area contributed by atoms with Gasteiger partial charge in [0.2, 0.25) is 0 Å². The third-order valence-electron chi connectivity index (χ3n) is 3.75. The first-order chi connectivity index (χ1) is 9.06. The van der Waals surface area contributed by atoms with E-state index in [0.29, 0.717) is 17.1 Å². The second-order valence-corrected chi connectivity index (χ2v) is 11.1. The summed E-state index contributed by atoms with van der Waals surface area (Å²) in [6, 6.07) is 5.29. The standard InChI is InChI=1S/C15H24O4Si/c1-15(2,3)20(5,6)19-13-9-11(10-14(16)17)7-8-12(13)18-4/h7-9H,10H2,1-6H3,(H,16,17). The maximum Gasteiger partial charge on any atom is 0.307 e. The summed E-state index contributed by atoms with van der Waals surface area (Å²) in [4.78, 5) is 10.8. The molecule has 20 heavy (non-hydrogen) atoms. The van der Waals surface area contributed by atoms with E-state index < -0.39 is 14.3 Å². The lowest BCUT2D eigenvalue weighted by molar-refractivity contribution is -0.136. The minimum absolute atomic E-state index is 0.0160. The molecular formula is C15H24O4Si. The lowest BCUT2D eigenvalue weighted by Crippen LogP contribution is -2.43. The molecule has 1 N–H and O–H groups in total. The number of carbonyl (C=O) groups is 1. The van der Waals surface area contributed by atoms with Crippen LogP contribution < -0.4 is 9.16 Å². The third kappa shape index (κ3) is 4.00. The Bertz CT molecular complexity index is 489. The second kappa shape index (κ2) is 5.87. The van der Waals surface area contributed by atoms with E-state index in [4.69, 9.17) is 14.3 Å². The number of hydrogen-bond acceptors (Lipinski definition) is 3. The van der Waals surface area contributed by atoms with Crippen LogP contribution in [0.3, 0.4) is 0 Å². The fraction of sp³-hybridized carbons (Fsp3) is 0.533. The fourth-order valence-corrected chi connectivity index (χ4v) is 2.53. The maximum absolute atomic E-state index is 10.8. The normalized spacial score (nSPS) is 12.1. The molecule has 0 bridgehead atoms. The average molecular weight is 296 g/mol. The number of carboxylic acids is 1. The van der Waals surface area contributed by atoms with E-state index in [2.05, 4.69) is 33.9 Å². The number of benzene rings is 1. The van der Waals surface area contributed by atoms with Crippen LogP contribution in [0.4, 0.5) is 0 Å². The zero-order chi connectivity index (χ0) is 15.6. The predicted molar refractivity (Wildman–Crippen MR) is 82.2 cm³/mol. The molecule has 1 aromatic carbocycles. The van der Waals surface area contributed by atoms with Crippen molar-refractivity contribution in [2.75, 3.05) is 7.11 Å². The van der Waals surface area contributed by atoms with E-state index in [1.807, 2.05) is 0 Å². The fourth-order valence-electron chi connectivity index (χ4n) is 1.51. The molecule has 0 aliphatic rings. The van der Waals surface area contributed by atoms with Gasteiger partial charge >= 0.3 is 5.97 Å². The zero-order valence-corrected chi connectivity index (χ0v) is 14.1. The van der Waals surface area contributed by atoms with E-state index in [1.165, 1.54) is 0 Å². The number of aliphatic carboxylic acids is 1. The molecule has 0 aliphatic heterocycles. The van der Waals surface area contributed by atoms with Gasteiger partial charge in [0.1, 0.15) is 5.75 Å². The van der Waals surface area contributed by atoms with Crippen molar-refractivity contribution in [1.29, 1.82) is 0 Å². The van der Waals surface area contributed by atoms with E-state index in [0.717, 1.165) is 0 Å². The van der Waals surface area contributed by atoms with Gasteiger partial charge in [-0.2, -0.15) is 0 Å². The van der Waals surface area contributed by atoms with Gasteiger partial charge in [-0.1, -0.05) is 26.8 Å². The van der Waals surface area contributed by atoms with Crippen LogP contribution in [0.2, 0.25) is 18.1 Å². The summed E-state index contributed by atoms with van der Waals surface area (Å²) in [7, 11) is -0.396. The Morgan fingerprint density at radius 2 is 1.85 bits per heavy atom. The highest BCUT2D eigenvalue weighted by atomic mass is 28.4. The lowest BCUT2D eigenvalue weighted by Gasteiger charge is -2.36. The van der Waals surface area contributed by atoms with Gasteiger partial charge in [-0.25, -0.2) is 0 Å². The number of rotatable bonds is 5. The van der Waals surface area contributed by atoms with Crippen LogP contribution >= 0.6 is 0 Å². The molecule has 112 valence electrons. The van der Waals surface area contributed by atoms with Gasteiger partial charge in [-0.05, 0) is 35.8 Å². The first kappa shape index (κ1) is 16.6. The lowest BCUT2D eigenvalue weighted by atomic mass is 10.1. The van der Waals surface area contributed by atoms with Crippen LogP contribution in [0, 0.1) is 0 Å². The summed E-state index contributed by atoms with van der Waals surface area (Å²) in [5.41, 5.74) is 0.715. The van der Waals surface area contributed by atoms with E-state index in [9.17, 15) is 4.79 Å². The van der Waals surface area contributed by atoms with Crippen LogP contribution in [0.5, 0.6) is 11.5 Å². The summed E-state index contributed by atoms with van der Waals surface area (Å²) in [6.07, 6.45) is -0.0160. The molecule has 0 saturated heterocycles. The second-order valence-electron chi connectivity index (χ2n) is 6.42. The molecule has 0 spiro atoms. The zero-order valence-electron chi connectivity index (χ0n) is 13.1. The van der Waals surface area contributed by atoms with Crippen molar-refractivity contribution < 1.29 is 19.1 Å². The number of hydrogen-bond donors (Lipinski definition) is 1. The molecule has 0 heterocycles. The van der Waals surface area contributed by atoms with Crippen LogP contribution in [-0.2, 0) is 11.2 Å². The third-order valence-corrected chi connectivity index (χ3v) is 8.10. The van der Waals surface area contributed by atoms with Crippen molar-refractivity contribution in [3.8, 4) is 11.5 Å². The van der Waals surface area contributed by atoms with Crippen LogP contribution in [0.15, 0.2) is 18.2 Å². The molecule has 0 aliphatic carbocycles. The Balaban J connectivity index is 3.11. The monoisotopic (exact) mass is 296 g/mol. The molecule has 4 nitrogen and oxygen atoms in total. The number of methoxy groups -OCH3 is 1. The van der Waals surface area contributed by atoms with Crippen molar-refractivity contribution in [1.82, 2.24) is 0 Å². The molecule has 0 amide bonds. The Morgan fingerprint density at radius 1 is 1.25 bits per heavy atom. The van der Waals surface area contributed by atoms with E-state index >= 15 is 0 Å². The Labute approximate surface area is 121 Å². The van der Waals surface area contributed by atoms with Crippen molar-refractivity contribution in [3.63, 3.8) is 0 Å². The number of ether oxygens (including phenoxy) is 1. The van der Waals surface area contributed by atoms with E-state index in [1.54, 1.807) is 25.3 Å². The van der Waals surface area contributed by atoms with E-state index in [-0.39, 0.29) is 11.5 Å². The van der Waals surface area contributed by atoms with Gasteiger partial charge in [0.15, 0.2) is 5.75 Å². The van der Waals surface area contributed by atoms with Crippen molar-refractivity contribution in [2.24, 2.45) is 0 Å². The smallest absolute Gasteiger partial charge is 0.307 e. The van der Waals surface area contributed by atoms with Gasteiger partial charge in [-0.3, -0.25) is 4.79 Å². The van der Waals surface area contributed by atoms with Gasteiger partial charge in [0, 0.05) is 0 Å². The first-order valence-electron chi connectivity index (χ1n) is 6.64. The largest absolute Gasteiger partial charge is 0.541 e. The highest BCUT2D eigenvalue weighted by molar-refractivity contribution is 6.74. The van der Waals surface area contributed by atoms with Crippen LogP contribution in [-0.4, -0.2) is 26.5 Å². The van der Waals surface area contributed by atoms with Crippen molar-refractivity contribution >= 4 is 14.3 Å². The molecule has 0 unspecified atom stereocenters. The van der Waals surface area contributed by atoms with Crippen molar-refractivity contribution in [3.05, 3.63) is 23.8 Å². The maximum atomic E-state index is 10.8. The SMILES string of the molecule is COc1ccc(CC(=O)O)cc1O[Si](C)(C)C(C)(C)C. The average Bonchev–Trinajstić information content (AvgIpc) is 2.26. The summed E-state index contributed by atoms with van der Waals surface area (Å²) in [5, 5.41) is 8.95. The highest BCUT2D eigenvalue weighted by Gasteiger charge is 2.39. The van der Waals surface area contributed by atoms with Gasteiger partial charge in [0.05, 0.1) is 13.5 Å². The summed E-state index contributed by atoms with van der Waals surface area (Å²) < 4.78 is 11.5. The molecular weight excluding hydrogens is 272 g/mol. The molecule has 0 aromatic heterocycles. The quantitative estimate of drug-likeness (QED) is 0.842. The molecule has 0 fully saturated rings. The first-order valence-corrected chi connectivity index (χ1v) is 9.55. The van der Waals surface area contributed by atoms with Gasteiger partial charge in [0.25, 0.3) is 8.32 Å². The molecule has 0 atom stereocenters. The topological polar surface area (TPSA) is 55.8 Å². The Morgan fingerprint density at radius 3 is 2.30 bits per heavy atom. The Kier molecular flexibility index (Phi) is 4.86. The minimum atomic E-state index is -1.98. The summed E-state index contributed by atoms with van der Waals surface area (Å²) >= 11 is 0. The molecule has 5 heteroatoms. The van der Waals surface area contributed by atoms with Crippen molar-refractivity contribution in [2.45, 2.75) is 45.3 Å². The molecule has 0 saturated carbocycles. The number of carboxylic acid groups (broad SMARTS) is 1. The van der Waals surface area contributed by atoms with Crippen LogP contribution in [0.25, 0.3) is 0 Å². The molecule has 1 aromatic rings. The minimum Gasteiger partial charge on any atom is -0.541 e. The molecule has 1 rings (SSSR count).